The Morgan fingerprint density at radius 1 is 0.863 bits per heavy atom. The van der Waals surface area contributed by atoms with Crippen LogP contribution in [0.25, 0.3) is 27.5 Å². The summed E-state index contributed by atoms with van der Waals surface area (Å²) in [4.78, 5) is 37.6. The van der Waals surface area contributed by atoms with E-state index in [0.717, 1.165) is 65.0 Å². The zero-order valence-electron chi connectivity index (χ0n) is 29.9. The summed E-state index contributed by atoms with van der Waals surface area (Å²) in [6, 6.07) is 25.7. The van der Waals surface area contributed by atoms with Crippen LogP contribution in [0.5, 0.6) is 5.75 Å². The van der Waals surface area contributed by atoms with Crippen LogP contribution in [-0.2, 0) is 22.6 Å². The summed E-state index contributed by atoms with van der Waals surface area (Å²) in [6.45, 7) is 10.8. The van der Waals surface area contributed by atoms with Crippen molar-refractivity contribution in [2.45, 2.75) is 46.6 Å². The third-order valence-electron chi connectivity index (χ3n) is 9.62. The minimum absolute atomic E-state index is 0.0472. The highest BCUT2D eigenvalue weighted by atomic mass is 16.5. The molecule has 3 aromatic carbocycles. The zero-order chi connectivity index (χ0) is 35.6. The maximum atomic E-state index is 12.7. The molecule has 3 heterocycles. The molecule has 2 aromatic heterocycles. The van der Waals surface area contributed by atoms with E-state index >= 15 is 0 Å². The van der Waals surface area contributed by atoms with Gasteiger partial charge in [0.05, 0.1) is 6.61 Å². The highest BCUT2D eigenvalue weighted by molar-refractivity contribution is 5.96. The van der Waals surface area contributed by atoms with Crippen molar-refractivity contribution < 1.29 is 14.3 Å². The number of nitrogens with zero attached hydrogens (tertiary/aromatic N) is 4. The first-order chi connectivity index (χ1) is 24.9. The van der Waals surface area contributed by atoms with Crippen molar-refractivity contribution in [3.05, 3.63) is 131 Å². The number of pyridine rings is 2. The molecule has 8 heteroatoms. The monoisotopic (exact) mass is 681 g/mol. The molecule has 2 amide bonds. The van der Waals surface area contributed by atoms with Crippen molar-refractivity contribution in [1.82, 2.24) is 25.1 Å². The molecule has 0 radical (unpaired) electrons. The first-order valence-electron chi connectivity index (χ1n) is 18.0. The Morgan fingerprint density at radius 3 is 2.39 bits per heavy atom. The minimum Gasteiger partial charge on any atom is -0.493 e. The molecule has 0 saturated carbocycles. The third kappa shape index (κ3) is 8.88. The van der Waals surface area contributed by atoms with E-state index in [1.807, 2.05) is 48.7 Å². The molecule has 0 atom stereocenters. The highest BCUT2D eigenvalue weighted by Crippen LogP contribution is 2.34. The number of fused-ring (bicyclic) bond motifs is 1. The molecule has 1 saturated heterocycles. The van der Waals surface area contributed by atoms with Crippen LogP contribution in [0.2, 0.25) is 0 Å². The van der Waals surface area contributed by atoms with Gasteiger partial charge in [-0.1, -0.05) is 60.7 Å². The predicted octanol–water partition coefficient (Wildman–Crippen LogP) is 7.24. The van der Waals surface area contributed by atoms with E-state index in [0.29, 0.717) is 26.2 Å². The standard InChI is InChI=1S/C43H47N5O3/c1-4-36(39-28-44-20-17-31(39)3)38-14-11-33(30-47-22-24-48(25-23-47)43(50)16-15-42(49)46-5-2)27-41(38)51-26-19-32-9-12-35(13-10-32)37-8-6-7-34-18-21-45-29-40(34)37/h4,6-14,17-18,20-21,27-29H,5,15-16,19,22-26,30H2,1-3H3,(H,46,49)/b36-4-. The Bertz CT molecular complexity index is 1990. The molecule has 51 heavy (non-hydrogen) atoms. The summed E-state index contributed by atoms with van der Waals surface area (Å²) in [5.74, 6) is 0.826. The molecule has 0 aliphatic carbocycles. The molecule has 5 aromatic rings. The smallest absolute Gasteiger partial charge is 0.223 e. The molecule has 8 nitrogen and oxygen atoms in total. The van der Waals surface area contributed by atoms with Gasteiger partial charge in [-0.3, -0.25) is 24.5 Å². The number of aromatic nitrogens is 2. The number of nitrogens with one attached hydrogen (secondary N) is 1. The number of carbonyl (C=O) groups is 2. The molecule has 6 rings (SSSR count). The van der Waals surface area contributed by atoms with E-state index in [1.165, 1.54) is 22.1 Å². The number of hydrogen-bond donors (Lipinski definition) is 1. The van der Waals surface area contributed by atoms with Crippen LogP contribution in [0, 0.1) is 6.92 Å². The fraction of sp³-hybridized carbons (Fsp3) is 0.302. The number of carbonyl (C=O) groups excluding carboxylic acids is 2. The van der Waals surface area contributed by atoms with Crippen LogP contribution in [-0.4, -0.2) is 70.9 Å². The Balaban J connectivity index is 1.14. The summed E-state index contributed by atoms with van der Waals surface area (Å²) in [6.07, 6.45) is 10.9. The number of rotatable bonds is 13. The molecular formula is C43H47N5O3. The molecule has 0 unspecified atom stereocenters. The third-order valence-corrected chi connectivity index (χ3v) is 9.62. The van der Waals surface area contributed by atoms with Gasteiger partial charge in [-0.15, -0.1) is 0 Å². The quantitative estimate of drug-likeness (QED) is 0.141. The number of piperazine rings is 1. The van der Waals surface area contributed by atoms with Crippen molar-refractivity contribution in [3.63, 3.8) is 0 Å². The van der Waals surface area contributed by atoms with E-state index in [-0.39, 0.29) is 24.7 Å². The lowest BCUT2D eigenvalue weighted by atomic mass is 9.94. The van der Waals surface area contributed by atoms with Crippen LogP contribution >= 0.6 is 0 Å². The molecule has 0 bridgehead atoms. The van der Waals surface area contributed by atoms with Gasteiger partial charge in [0.25, 0.3) is 0 Å². The molecular weight excluding hydrogens is 635 g/mol. The summed E-state index contributed by atoms with van der Waals surface area (Å²) in [7, 11) is 0. The second-order valence-electron chi connectivity index (χ2n) is 13.0. The Labute approximate surface area is 301 Å². The van der Waals surface area contributed by atoms with Crippen LogP contribution in [0.3, 0.4) is 0 Å². The van der Waals surface area contributed by atoms with Gasteiger partial charge in [0.2, 0.25) is 11.8 Å². The number of allylic oxidation sites excluding steroid dienone is 1. The Morgan fingerprint density at radius 2 is 1.63 bits per heavy atom. The summed E-state index contributed by atoms with van der Waals surface area (Å²) < 4.78 is 6.63. The largest absolute Gasteiger partial charge is 0.493 e. The summed E-state index contributed by atoms with van der Waals surface area (Å²) >= 11 is 0. The van der Waals surface area contributed by atoms with Gasteiger partial charge in [0.15, 0.2) is 0 Å². The fourth-order valence-corrected chi connectivity index (χ4v) is 6.78. The highest BCUT2D eigenvalue weighted by Gasteiger charge is 2.22. The van der Waals surface area contributed by atoms with Crippen molar-refractivity contribution >= 4 is 28.2 Å². The van der Waals surface area contributed by atoms with Crippen LogP contribution < -0.4 is 10.1 Å². The average molecular weight is 682 g/mol. The summed E-state index contributed by atoms with van der Waals surface area (Å²) in [5, 5.41) is 5.10. The van der Waals surface area contributed by atoms with Gasteiger partial charge in [0, 0.05) is 99.8 Å². The van der Waals surface area contributed by atoms with E-state index in [1.54, 1.807) is 0 Å². The summed E-state index contributed by atoms with van der Waals surface area (Å²) in [5.41, 5.74) is 9.11. The maximum absolute atomic E-state index is 12.7. The van der Waals surface area contributed by atoms with Gasteiger partial charge < -0.3 is 15.0 Å². The second-order valence-corrected chi connectivity index (χ2v) is 13.0. The lowest BCUT2D eigenvalue weighted by Crippen LogP contribution is -2.48. The first kappa shape index (κ1) is 35.5. The van der Waals surface area contributed by atoms with Gasteiger partial charge in [-0.2, -0.15) is 0 Å². The van der Waals surface area contributed by atoms with Gasteiger partial charge in [-0.05, 0) is 77.7 Å². The minimum atomic E-state index is -0.0709. The number of hydrogen-bond acceptors (Lipinski definition) is 6. The molecule has 1 N–H and O–H groups in total. The van der Waals surface area contributed by atoms with E-state index in [2.05, 4.69) is 101 Å². The number of benzene rings is 3. The average Bonchev–Trinajstić information content (AvgIpc) is 3.16. The van der Waals surface area contributed by atoms with Crippen LogP contribution in [0.1, 0.15) is 54.5 Å². The fourth-order valence-electron chi connectivity index (χ4n) is 6.78. The number of amides is 2. The van der Waals surface area contributed by atoms with E-state index in [9.17, 15) is 9.59 Å². The molecule has 1 aliphatic heterocycles. The Kier molecular flexibility index (Phi) is 11.9. The maximum Gasteiger partial charge on any atom is 0.223 e. The van der Waals surface area contributed by atoms with Crippen LogP contribution in [0.4, 0.5) is 0 Å². The molecule has 1 aliphatic rings. The lowest BCUT2D eigenvalue weighted by Gasteiger charge is -2.35. The first-order valence-corrected chi connectivity index (χ1v) is 18.0. The van der Waals surface area contributed by atoms with Crippen molar-refractivity contribution in [2.75, 3.05) is 39.3 Å². The van der Waals surface area contributed by atoms with Crippen molar-refractivity contribution in [3.8, 4) is 16.9 Å². The Hall–Kier alpha value is -5.34. The van der Waals surface area contributed by atoms with Crippen molar-refractivity contribution in [2.24, 2.45) is 0 Å². The molecule has 1 fully saturated rings. The number of ether oxygens (including phenoxy) is 1. The van der Waals surface area contributed by atoms with Gasteiger partial charge in [-0.25, -0.2) is 0 Å². The van der Waals surface area contributed by atoms with Crippen LogP contribution in [0.15, 0.2) is 104 Å². The zero-order valence-corrected chi connectivity index (χ0v) is 29.9. The topological polar surface area (TPSA) is 87.7 Å². The van der Waals surface area contributed by atoms with E-state index in [4.69, 9.17) is 4.74 Å². The van der Waals surface area contributed by atoms with E-state index < -0.39 is 0 Å². The normalized spacial score (nSPS) is 13.7. The molecule has 262 valence electrons. The number of aryl methyl sites for hydroxylation is 1. The second kappa shape index (κ2) is 17.1. The lowest BCUT2D eigenvalue weighted by molar-refractivity contribution is -0.135. The predicted molar refractivity (Wildman–Crippen MR) is 204 cm³/mol. The van der Waals surface area contributed by atoms with Gasteiger partial charge in [0.1, 0.15) is 5.75 Å². The van der Waals surface area contributed by atoms with Gasteiger partial charge >= 0.3 is 0 Å². The van der Waals surface area contributed by atoms with Crippen molar-refractivity contribution in [1.29, 1.82) is 0 Å². The molecule has 0 spiro atoms. The SMILES string of the molecule is C/C=C(\c1cnccc1C)c1ccc(CN2CCN(C(=O)CCC(=O)NCC)CC2)cc1OCCc1ccc(-c2cccc3ccncc23)cc1.